The van der Waals surface area contributed by atoms with Gasteiger partial charge in [0.25, 0.3) is 5.91 Å². The van der Waals surface area contributed by atoms with Gasteiger partial charge in [-0.3, -0.25) is 4.79 Å². The predicted octanol–water partition coefficient (Wildman–Crippen LogP) is 2.65. The van der Waals surface area contributed by atoms with Gasteiger partial charge in [0.2, 0.25) is 0 Å². The number of rotatable bonds is 5. The number of piperidine rings is 1. The second kappa shape index (κ2) is 7.60. The van der Waals surface area contributed by atoms with Gasteiger partial charge >= 0.3 is 0 Å². The molecular weight excluding hydrogens is 279 g/mol. The number of nitrogens with zero attached hydrogens (tertiary/aromatic N) is 1. The van der Waals surface area contributed by atoms with Crippen LogP contribution in [0, 0.1) is 5.82 Å². The van der Waals surface area contributed by atoms with Crippen LogP contribution in [-0.2, 0) is 0 Å². The summed E-state index contributed by atoms with van der Waals surface area (Å²) in [5.41, 5.74) is 0.510. The number of carbonyl (C=O) groups excluding carboxylic acids is 1. The monoisotopic (exact) mass is 298 g/mol. The van der Waals surface area contributed by atoms with E-state index in [0.717, 1.165) is 38.9 Å². The molecule has 1 amide bonds. The van der Waals surface area contributed by atoms with Crippen molar-refractivity contribution < 1.29 is 9.18 Å². The van der Waals surface area contributed by atoms with E-state index in [0.29, 0.717) is 11.4 Å². The highest BCUT2D eigenvalue weighted by atomic mass is 35.5. The molecule has 1 aliphatic rings. The fourth-order valence-corrected chi connectivity index (χ4v) is 2.57. The molecule has 1 aliphatic heterocycles. The van der Waals surface area contributed by atoms with Gasteiger partial charge in [0.15, 0.2) is 0 Å². The van der Waals surface area contributed by atoms with Crippen molar-refractivity contribution in [3.63, 3.8) is 0 Å². The Labute approximate surface area is 124 Å². The van der Waals surface area contributed by atoms with Gasteiger partial charge in [-0.2, -0.15) is 0 Å². The summed E-state index contributed by atoms with van der Waals surface area (Å²) < 4.78 is 12.8. The van der Waals surface area contributed by atoms with E-state index in [9.17, 15) is 9.18 Å². The number of alkyl halides is 1. The van der Waals surface area contributed by atoms with Gasteiger partial charge in [-0.15, -0.1) is 11.6 Å². The molecule has 1 aromatic rings. The number of nitrogens with one attached hydrogen (secondary N) is 1. The third-order valence-electron chi connectivity index (χ3n) is 3.64. The third-order valence-corrected chi connectivity index (χ3v) is 3.90. The first-order valence-corrected chi connectivity index (χ1v) is 7.57. The van der Waals surface area contributed by atoms with Crippen molar-refractivity contribution in [1.82, 2.24) is 10.2 Å². The molecule has 1 fully saturated rings. The summed E-state index contributed by atoms with van der Waals surface area (Å²) in [6, 6.07) is 5.85. The van der Waals surface area contributed by atoms with Gasteiger partial charge in [-0.05, 0) is 50.1 Å². The summed E-state index contributed by atoms with van der Waals surface area (Å²) in [6.07, 6.45) is 2.92. The maximum Gasteiger partial charge on any atom is 0.251 e. The molecule has 1 N–H and O–H groups in total. The smallest absolute Gasteiger partial charge is 0.251 e. The zero-order valence-electron chi connectivity index (χ0n) is 11.4. The number of halogens is 2. The van der Waals surface area contributed by atoms with Gasteiger partial charge in [0.05, 0.1) is 0 Å². The molecule has 0 atom stereocenters. The molecule has 1 saturated heterocycles. The number of benzene rings is 1. The maximum absolute atomic E-state index is 12.8. The standard InChI is InChI=1S/C15H20ClFN2O/c16-8-1-9-19-10-6-14(7-11-19)18-15(20)12-2-4-13(17)5-3-12/h2-5,14H,1,6-11H2,(H,18,20). The van der Waals surface area contributed by atoms with Crippen LogP contribution in [0.3, 0.4) is 0 Å². The van der Waals surface area contributed by atoms with Crippen molar-refractivity contribution in [3.05, 3.63) is 35.6 Å². The largest absolute Gasteiger partial charge is 0.349 e. The molecule has 0 aromatic heterocycles. The van der Waals surface area contributed by atoms with Gasteiger partial charge in [-0.1, -0.05) is 0 Å². The molecule has 2 rings (SSSR count). The van der Waals surface area contributed by atoms with Crippen molar-refractivity contribution in [2.75, 3.05) is 25.5 Å². The zero-order chi connectivity index (χ0) is 14.4. The maximum atomic E-state index is 12.8. The van der Waals surface area contributed by atoms with Gasteiger partial charge in [-0.25, -0.2) is 4.39 Å². The Bertz CT molecular complexity index is 430. The highest BCUT2D eigenvalue weighted by Gasteiger charge is 2.20. The molecule has 5 heteroatoms. The minimum Gasteiger partial charge on any atom is -0.349 e. The van der Waals surface area contributed by atoms with Crippen LogP contribution >= 0.6 is 11.6 Å². The molecule has 0 unspecified atom stereocenters. The van der Waals surface area contributed by atoms with E-state index in [-0.39, 0.29) is 17.8 Å². The molecule has 3 nitrogen and oxygen atoms in total. The summed E-state index contributed by atoms with van der Waals surface area (Å²) in [5, 5.41) is 3.02. The molecule has 0 aliphatic carbocycles. The first-order chi connectivity index (χ1) is 9.69. The second-order valence-corrected chi connectivity index (χ2v) is 5.52. The fraction of sp³-hybridized carbons (Fsp3) is 0.533. The molecule has 1 aromatic carbocycles. The lowest BCUT2D eigenvalue weighted by atomic mass is 10.0. The molecular formula is C15H20ClFN2O. The van der Waals surface area contributed by atoms with E-state index in [1.165, 1.54) is 24.3 Å². The summed E-state index contributed by atoms with van der Waals surface area (Å²) in [5.74, 6) is 0.250. The average Bonchev–Trinajstić information content (AvgIpc) is 2.47. The topological polar surface area (TPSA) is 32.3 Å². The van der Waals surface area contributed by atoms with Crippen LogP contribution < -0.4 is 5.32 Å². The van der Waals surface area contributed by atoms with E-state index < -0.39 is 0 Å². The van der Waals surface area contributed by atoms with E-state index in [2.05, 4.69) is 10.2 Å². The van der Waals surface area contributed by atoms with Gasteiger partial charge in [0, 0.05) is 30.6 Å². The molecule has 0 bridgehead atoms. The van der Waals surface area contributed by atoms with Crippen LogP contribution in [0.25, 0.3) is 0 Å². The normalized spacial score (nSPS) is 17.1. The van der Waals surface area contributed by atoms with Crippen LogP contribution in [0.1, 0.15) is 29.6 Å². The Morgan fingerprint density at radius 1 is 1.30 bits per heavy atom. The van der Waals surface area contributed by atoms with Crippen LogP contribution in [0.15, 0.2) is 24.3 Å². The first-order valence-electron chi connectivity index (χ1n) is 7.04. The summed E-state index contributed by atoms with van der Waals surface area (Å²) in [4.78, 5) is 14.4. The van der Waals surface area contributed by atoms with Gasteiger partial charge < -0.3 is 10.2 Å². The molecule has 110 valence electrons. The summed E-state index contributed by atoms with van der Waals surface area (Å²) in [6.45, 7) is 3.01. The first kappa shape index (κ1) is 15.3. The summed E-state index contributed by atoms with van der Waals surface area (Å²) >= 11 is 5.69. The Hall–Kier alpha value is -1.13. The van der Waals surface area contributed by atoms with Crippen LogP contribution in [0.5, 0.6) is 0 Å². The lowest BCUT2D eigenvalue weighted by Gasteiger charge is -2.32. The number of amides is 1. The summed E-state index contributed by atoms with van der Waals surface area (Å²) in [7, 11) is 0. The van der Waals surface area contributed by atoms with Crippen molar-refractivity contribution in [3.8, 4) is 0 Å². The van der Waals surface area contributed by atoms with E-state index in [4.69, 9.17) is 11.6 Å². The quantitative estimate of drug-likeness (QED) is 0.848. The third kappa shape index (κ3) is 4.46. The Morgan fingerprint density at radius 3 is 2.55 bits per heavy atom. The predicted molar refractivity (Wildman–Crippen MR) is 78.7 cm³/mol. The highest BCUT2D eigenvalue weighted by Crippen LogP contribution is 2.12. The number of hydrogen-bond acceptors (Lipinski definition) is 2. The van der Waals surface area contributed by atoms with Crippen molar-refractivity contribution in [1.29, 1.82) is 0 Å². The minimum absolute atomic E-state index is 0.121. The number of carbonyl (C=O) groups is 1. The van der Waals surface area contributed by atoms with Crippen LogP contribution in [0.2, 0.25) is 0 Å². The SMILES string of the molecule is O=C(NC1CCN(CCCCl)CC1)c1ccc(F)cc1. The van der Waals surface area contributed by atoms with E-state index in [1.54, 1.807) is 0 Å². The fourth-order valence-electron chi connectivity index (χ4n) is 2.45. The molecule has 0 spiro atoms. The van der Waals surface area contributed by atoms with E-state index in [1.807, 2.05) is 0 Å². The molecule has 0 radical (unpaired) electrons. The molecule has 20 heavy (non-hydrogen) atoms. The van der Waals surface area contributed by atoms with Crippen molar-refractivity contribution >= 4 is 17.5 Å². The Balaban J connectivity index is 1.77. The number of likely N-dealkylation sites (tertiary alicyclic amines) is 1. The number of hydrogen-bond donors (Lipinski definition) is 1. The Kier molecular flexibility index (Phi) is 5.80. The lowest BCUT2D eigenvalue weighted by molar-refractivity contribution is 0.0911. The van der Waals surface area contributed by atoms with E-state index >= 15 is 0 Å². The zero-order valence-corrected chi connectivity index (χ0v) is 12.2. The van der Waals surface area contributed by atoms with Crippen molar-refractivity contribution in [2.45, 2.75) is 25.3 Å². The lowest BCUT2D eigenvalue weighted by Crippen LogP contribution is -2.44. The van der Waals surface area contributed by atoms with Gasteiger partial charge in [0.1, 0.15) is 5.82 Å². The van der Waals surface area contributed by atoms with Crippen LogP contribution in [-0.4, -0.2) is 42.4 Å². The van der Waals surface area contributed by atoms with Crippen LogP contribution in [0.4, 0.5) is 4.39 Å². The second-order valence-electron chi connectivity index (χ2n) is 5.14. The minimum atomic E-state index is -0.325. The molecule has 0 saturated carbocycles. The molecule has 1 heterocycles. The van der Waals surface area contributed by atoms with Crippen molar-refractivity contribution in [2.24, 2.45) is 0 Å². The average molecular weight is 299 g/mol. The highest BCUT2D eigenvalue weighted by molar-refractivity contribution is 6.17. The Morgan fingerprint density at radius 2 is 1.95 bits per heavy atom.